The molecule has 1 aromatic heterocycles. The number of hydrogen-bond donors (Lipinski definition) is 1. The number of carbonyl (C=O) groups is 2. The van der Waals surface area contributed by atoms with Crippen LogP contribution in [0.1, 0.15) is 21.5 Å². The average molecular weight is 376 g/mol. The summed E-state index contributed by atoms with van der Waals surface area (Å²) in [5, 5.41) is 4.19. The molecule has 1 aliphatic heterocycles. The van der Waals surface area contributed by atoms with Gasteiger partial charge in [-0.25, -0.2) is 0 Å². The summed E-state index contributed by atoms with van der Waals surface area (Å²) in [6, 6.07) is 13.5. The molecular weight excluding hydrogens is 356 g/mol. The lowest BCUT2D eigenvalue weighted by molar-refractivity contribution is -0.119. The van der Waals surface area contributed by atoms with Gasteiger partial charge in [-0.3, -0.25) is 14.3 Å². The highest BCUT2D eigenvalue weighted by Crippen LogP contribution is 2.32. The summed E-state index contributed by atoms with van der Waals surface area (Å²) in [5.41, 5.74) is 9.70. The lowest BCUT2D eigenvalue weighted by atomic mass is 10.1. The Morgan fingerprint density at radius 2 is 1.96 bits per heavy atom. The van der Waals surface area contributed by atoms with Crippen LogP contribution < -0.4 is 10.5 Å². The number of carbonyl (C=O) groups excluding carboxylic acids is 2. The van der Waals surface area contributed by atoms with Crippen molar-refractivity contribution in [3.63, 3.8) is 0 Å². The molecule has 1 aliphatic rings. The lowest BCUT2D eigenvalue weighted by Gasteiger charge is -2.16. The number of nitrogens with zero attached hydrogens (tertiary/aromatic N) is 3. The van der Waals surface area contributed by atoms with E-state index in [9.17, 15) is 9.59 Å². The van der Waals surface area contributed by atoms with E-state index in [-0.39, 0.29) is 12.5 Å². The molecule has 0 bridgehead atoms. The van der Waals surface area contributed by atoms with E-state index < -0.39 is 5.91 Å². The Morgan fingerprint density at radius 3 is 2.64 bits per heavy atom. The van der Waals surface area contributed by atoms with Crippen molar-refractivity contribution in [3.8, 4) is 16.9 Å². The van der Waals surface area contributed by atoms with Crippen LogP contribution in [0.3, 0.4) is 0 Å². The minimum atomic E-state index is -0.575. The molecule has 28 heavy (non-hydrogen) atoms. The Hall–Kier alpha value is -3.61. The fourth-order valence-electron chi connectivity index (χ4n) is 3.38. The van der Waals surface area contributed by atoms with Crippen molar-refractivity contribution >= 4 is 11.8 Å². The number of aryl methyl sites for hydroxylation is 1. The highest BCUT2D eigenvalue weighted by molar-refractivity contribution is 6.01. The molecule has 0 saturated heterocycles. The zero-order valence-electron chi connectivity index (χ0n) is 15.5. The lowest BCUT2D eigenvalue weighted by Crippen LogP contribution is -2.24. The van der Waals surface area contributed by atoms with Gasteiger partial charge in [0.15, 0.2) is 6.61 Å². The third kappa shape index (κ3) is 3.46. The van der Waals surface area contributed by atoms with Crippen molar-refractivity contribution in [3.05, 3.63) is 71.5 Å². The van der Waals surface area contributed by atoms with Gasteiger partial charge in [-0.15, -0.1) is 0 Å². The van der Waals surface area contributed by atoms with Crippen molar-refractivity contribution in [2.45, 2.75) is 13.1 Å². The monoisotopic (exact) mass is 376 g/mol. The van der Waals surface area contributed by atoms with Gasteiger partial charge in [-0.2, -0.15) is 5.10 Å². The fraction of sp³-hybridized carbons (Fsp3) is 0.190. The summed E-state index contributed by atoms with van der Waals surface area (Å²) < 4.78 is 7.18. The highest BCUT2D eigenvalue weighted by atomic mass is 16.5. The molecule has 7 heteroatoms. The topological polar surface area (TPSA) is 90.5 Å². The van der Waals surface area contributed by atoms with Crippen LogP contribution in [0.5, 0.6) is 5.75 Å². The van der Waals surface area contributed by atoms with E-state index in [4.69, 9.17) is 10.5 Å². The van der Waals surface area contributed by atoms with Gasteiger partial charge in [0.25, 0.3) is 11.8 Å². The summed E-state index contributed by atoms with van der Waals surface area (Å²) >= 11 is 0. The average Bonchev–Trinajstić information content (AvgIpc) is 3.25. The second-order valence-electron chi connectivity index (χ2n) is 6.81. The van der Waals surface area contributed by atoms with Gasteiger partial charge < -0.3 is 15.4 Å². The first-order chi connectivity index (χ1) is 13.5. The Morgan fingerprint density at radius 1 is 1.18 bits per heavy atom. The molecule has 7 nitrogen and oxygen atoms in total. The van der Waals surface area contributed by atoms with E-state index in [1.807, 2.05) is 55.8 Å². The van der Waals surface area contributed by atoms with E-state index in [0.29, 0.717) is 24.4 Å². The number of amides is 2. The first kappa shape index (κ1) is 17.8. The molecule has 2 amide bonds. The molecule has 2 heterocycles. The van der Waals surface area contributed by atoms with E-state index >= 15 is 0 Å². The molecule has 0 atom stereocenters. The van der Waals surface area contributed by atoms with Crippen molar-refractivity contribution in [2.24, 2.45) is 12.8 Å². The second kappa shape index (κ2) is 7.19. The molecule has 2 aromatic carbocycles. The number of aromatic nitrogens is 2. The van der Waals surface area contributed by atoms with Crippen LogP contribution in [0, 0.1) is 0 Å². The molecule has 0 saturated carbocycles. The number of fused-ring (bicyclic) bond motifs is 1. The number of ether oxygens (including phenoxy) is 1. The largest absolute Gasteiger partial charge is 0.483 e. The number of rotatable bonds is 6. The van der Waals surface area contributed by atoms with Crippen molar-refractivity contribution in [2.75, 3.05) is 6.61 Å². The molecule has 0 spiro atoms. The Balaban J connectivity index is 1.49. The van der Waals surface area contributed by atoms with Gasteiger partial charge in [0.1, 0.15) is 5.75 Å². The van der Waals surface area contributed by atoms with Crippen molar-refractivity contribution in [1.82, 2.24) is 14.7 Å². The van der Waals surface area contributed by atoms with Crippen LogP contribution in [-0.4, -0.2) is 33.1 Å². The van der Waals surface area contributed by atoms with Gasteiger partial charge in [0.2, 0.25) is 0 Å². The van der Waals surface area contributed by atoms with Crippen LogP contribution in [0.15, 0.2) is 54.9 Å². The zero-order chi connectivity index (χ0) is 19.7. The summed E-state index contributed by atoms with van der Waals surface area (Å²) in [4.78, 5) is 25.6. The van der Waals surface area contributed by atoms with Gasteiger partial charge in [0, 0.05) is 31.9 Å². The van der Waals surface area contributed by atoms with Gasteiger partial charge >= 0.3 is 0 Å². The number of primary amides is 1. The first-order valence-electron chi connectivity index (χ1n) is 8.91. The smallest absolute Gasteiger partial charge is 0.258 e. The summed E-state index contributed by atoms with van der Waals surface area (Å²) in [5.74, 6) is -0.282. The molecule has 2 N–H and O–H groups in total. The predicted octanol–water partition coefficient (Wildman–Crippen LogP) is 2.11. The van der Waals surface area contributed by atoms with Crippen molar-refractivity contribution < 1.29 is 14.3 Å². The molecule has 4 rings (SSSR count). The molecule has 0 radical (unpaired) electrons. The maximum absolute atomic E-state index is 12.9. The summed E-state index contributed by atoms with van der Waals surface area (Å²) in [7, 11) is 1.88. The van der Waals surface area contributed by atoms with Crippen LogP contribution in [-0.2, 0) is 24.9 Å². The van der Waals surface area contributed by atoms with E-state index in [0.717, 1.165) is 22.3 Å². The minimum absolute atomic E-state index is 0.105. The normalized spacial score (nSPS) is 12.9. The molecule has 3 aromatic rings. The molecule has 142 valence electrons. The number of hydrogen-bond acceptors (Lipinski definition) is 4. The molecule has 0 aliphatic carbocycles. The highest BCUT2D eigenvalue weighted by Gasteiger charge is 2.30. The quantitative estimate of drug-likeness (QED) is 0.713. The second-order valence-corrected chi connectivity index (χ2v) is 6.81. The van der Waals surface area contributed by atoms with E-state index in [1.54, 1.807) is 15.6 Å². The maximum atomic E-state index is 12.9. The molecule has 0 unspecified atom stereocenters. The zero-order valence-corrected chi connectivity index (χ0v) is 15.5. The van der Waals surface area contributed by atoms with E-state index in [2.05, 4.69) is 5.10 Å². The molecular formula is C21H20N4O3. The van der Waals surface area contributed by atoms with Gasteiger partial charge in [-0.1, -0.05) is 36.4 Å². The maximum Gasteiger partial charge on any atom is 0.258 e. The first-order valence-corrected chi connectivity index (χ1v) is 8.91. The number of nitrogens with two attached hydrogens (primary N) is 1. The Labute approximate surface area is 162 Å². The SMILES string of the molecule is Cn1cc(-c2ccc(CN3Cc4cccc(OCC(N)=O)c4C3=O)cc2)cn1. The predicted molar refractivity (Wildman–Crippen MR) is 103 cm³/mol. The summed E-state index contributed by atoms with van der Waals surface area (Å²) in [6.07, 6.45) is 3.78. The van der Waals surface area contributed by atoms with Crippen LogP contribution in [0.4, 0.5) is 0 Å². The minimum Gasteiger partial charge on any atom is -0.483 e. The Kier molecular flexibility index (Phi) is 4.57. The number of benzene rings is 2. The van der Waals surface area contributed by atoms with Crippen LogP contribution in [0.2, 0.25) is 0 Å². The Bertz CT molecular complexity index is 1040. The van der Waals surface area contributed by atoms with Gasteiger partial charge in [-0.05, 0) is 22.8 Å². The van der Waals surface area contributed by atoms with Crippen LogP contribution >= 0.6 is 0 Å². The third-order valence-corrected chi connectivity index (χ3v) is 4.71. The van der Waals surface area contributed by atoms with E-state index in [1.165, 1.54) is 0 Å². The van der Waals surface area contributed by atoms with Gasteiger partial charge in [0.05, 0.1) is 11.8 Å². The standard InChI is InChI=1S/C21H20N4O3/c1-24-11-17(9-23-24)15-7-5-14(6-8-15)10-25-12-16-3-2-4-18(20(16)21(25)27)28-13-19(22)26/h2-9,11H,10,12-13H2,1H3,(H2,22,26). The third-order valence-electron chi connectivity index (χ3n) is 4.71. The van der Waals surface area contributed by atoms with Crippen LogP contribution in [0.25, 0.3) is 11.1 Å². The summed E-state index contributed by atoms with van der Waals surface area (Å²) in [6.45, 7) is 0.752. The van der Waals surface area contributed by atoms with Crippen molar-refractivity contribution in [1.29, 1.82) is 0 Å². The molecule has 0 fully saturated rings. The fourth-order valence-corrected chi connectivity index (χ4v) is 3.38.